The van der Waals surface area contributed by atoms with Crippen molar-refractivity contribution in [1.82, 2.24) is 0 Å². The van der Waals surface area contributed by atoms with Crippen molar-refractivity contribution in [1.29, 1.82) is 0 Å². The number of esters is 1. The molecule has 1 aliphatic carbocycles. The van der Waals surface area contributed by atoms with Crippen molar-refractivity contribution in [3.05, 3.63) is 11.3 Å². The summed E-state index contributed by atoms with van der Waals surface area (Å²) < 4.78 is 57.2. The zero-order chi connectivity index (χ0) is 15.2. The Morgan fingerprint density at radius 3 is 2.35 bits per heavy atom. The normalized spacial score (nSPS) is 22.6. The molecule has 1 rings (SSSR count). The number of carbonyl (C=O) groups is 1. The molecule has 0 saturated heterocycles. The molecule has 1 unspecified atom stereocenters. The fourth-order valence-corrected chi connectivity index (χ4v) is 2.36. The van der Waals surface area contributed by atoms with Gasteiger partial charge in [0.2, 0.25) is 0 Å². The number of alkyl halides is 3. The van der Waals surface area contributed by atoms with Gasteiger partial charge in [-0.05, 0) is 26.2 Å². The van der Waals surface area contributed by atoms with Gasteiger partial charge in [-0.3, -0.25) is 0 Å². The average molecular weight is 314 g/mol. The molecule has 4 nitrogen and oxygen atoms in total. The summed E-state index contributed by atoms with van der Waals surface area (Å²) in [6.07, 6.45) is 3.42. The van der Waals surface area contributed by atoms with Gasteiger partial charge in [0, 0.05) is 6.42 Å². The Kier molecular flexibility index (Phi) is 6.51. The molecule has 0 amide bonds. The molecule has 0 aromatic heterocycles. The Balaban J connectivity index is 2.97. The molecule has 116 valence electrons. The molecule has 0 spiro atoms. The molecule has 0 aliphatic heterocycles. The van der Waals surface area contributed by atoms with Crippen LogP contribution in [0.3, 0.4) is 0 Å². The van der Waals surface area contributed by atoms with Gasteiger partial charge in [0.05, 0.1) is 12.2 Å². The zero-order valence-electron chi connectivity index (χ0n) is 11.1. The Labute approximate surface area is 118 Å². The van der Waals surface area contributed by atoms with Crippen LogP contribution in [0.5, 0.6) is 0 Å². The lowest BCUT2D eigenvalue weighted by Gasteiger charge is -2.17. The van der Waals surface area contributed by atoms with Crippen LogP contribution in [0.4, 0.5) is 13.2 Å². The number of hydrogen-bond donors (Lipinski definition) is 0. The number of hydrogen-bond acceptors (Lipinski definition) is 4. The van der Waals surface area contributed by atoms with E-state index in [0.29, 0.717) is 12.8 Å². The Morgan fingerprint density at radius 1 is 1.20 bits per heavy atom. The number of halogens is 3. The van der Waals surface area contributed by atoms with E-state index in [-0.39, 0.29) is 30.8 Å². The summed E-state index contributed by atoms with van der Waals surface area (Å²) in [6, 6.07) is 0. The third kappa shape index (κ3) is 5.15. The summed E-state index contributed by atoms with van der Waals surface area (Å²) in [7, 11) is 0. The summed E-state index contributed by atoms with van der Waals surface area (Å²) in [4.78, 5) is 11.8. The Bertz CT molecular complexity index is 404. The molecule has 1 aliphatic rings. The van der Waals surface area contributed by atoms with Gasteiger partial charge in [-0.2, -0.15) is 13.2 Å². The van der Waals surface area contributed by atoms with Crippen LogP contribution in [-0.4, -0.2) is 22.3 Å². The van der Waals surface area contributed by atoms with Crippen molar-refractivity contribution >= 4 is 17.0 Å². The molecule has 0 aromatic rings. The third-order valence-corrected chi connectivity index (χ3v) is 3.53. The first kappa shape index (κ1) is 17.0. The second-order valence-corrected chi connectivity index (χ2v) is 5.40. The predicted octanol–water partition coefficient (Wildman–Crippen LogP) is 3.36. The van der Waals surface area contributed by atoms with Crippen LogP contribution in [-0.2, 0) is 24.8 Å². The van der Waals surface area contributed by atoms with Gasteiger partial charge >= 0.3 is 22.6 Å². The summed E-state index contributed by atoms with van der Waals surface area (Å²) in [5, 5.41) is 0. The Morgan fingerprint density at radius 2 is 1.80 bits per heavy atom. The lowest BCUT2D eigenvalue weighted by molar-refractivity contribution is -0.139. The van der Waals surface area contributed by atoms with Crippen molar-refractivity contribution in [2.75, 3.05) is 6.61 Å². The molecule has 0 radical (unpaired) electrons. The monoisotopic (exact) mass is 314 g/mol. The highest BCUT2D eigenvalue weighted by molar-refractivity contribution is 7.81. The first-order valence-electron chi connectivity index (χ1n) is 6.42. The quantitative estimate of drug-likeness (QED) is 0.747. The molecule has 8 heteroatoms. The van der Waals surface area contributed by atoms with Gasteiger partial charge in [0.1, 0.15) is 5.76 Å². The molecule has 0 fully saturated rings. The minimum Gasteiger partial charge on any atom is -0.463 e. The third-order valence-electron chi connectivity index (χ3n) is 2.80. The number of rotatable bonds is 4. The van der Waals surface area contributed by atoms with Crippen LogP contribution >= 0.6 is 0 Å². The summed E-state index contributed by atoms with van der Waals surface area (Å²) in [5.41, 5.74) is -4.89. The van der Waals surface area contributed by atoms with Gasteiger partial charge in [0.15, 0.2) is 0 Å². The maximum Gasteiger partial charge on any atom is 0.508 e. The first-order valence-corrected chi connectivity index (χ1v) is 7.49. The standard InChI is InChI=1S/C12H17F3O4S/c1-2-18-11(16)9-7-5-3-4-6-8-10(9)19-20(17)12(13,14)15/h2-8H2,1H3/b10-9-. The van der Waals surface area contributed by atoms with Crippen LogP contribution in [0.1, 0.15) is 45.4 Å². The highest BCUT2D eigenvalue weighted by Crippen LogP contribution is 2.29. The molecule has 1 atom stereocenters. The van der Waals surface area contributed by atoms with Crippen LogP contribution in [0.2, 0.25) is 0 Å². The van der Waals surface area contributed by atoms with E-state index < -0.39 is 22.6 Å². The molecule has 0 bridgehead atoms. The van der Waals surface area contributed by atoms with Gasteiger partial charge in [0.25, 0.3) is 0 Å². The van der Waals surface area contributed by atoms with Gasteiger partial charge in [-0.1, -0.05) is 12.8 Å². The van der Waals surface area contributed by atoms with E-state index in [1.54, 1.807) is 6.92 Å². The van der Waals surface area contributed by atoms with Crippen molar-refractivity contribution in [2.24, 2.45) is 0 Å². The fourth-order valence-electron chi connectivity index (χ4n) is 1.90. The lowest BCUT2D eigenvalue weighted by atomic mass is 9.98. The minimum atomic E-state index is -4.96. The van der Waals surface area contributed by atoms with Crippen molar-refractivity contribution in [3.63, 3.8) is 0 Å². The second kappa shape index (κ2) is 7.66. The minimum absolute atomic E-state index is 0.0733. The van der Waals surface area contributed by atoms with Crippen LogP contribution in [0, 0.1) is 0 Å². The molecular weight excluding hydrogens is 297 g/mol. The fraction of sp³-hybridized carbons (Fsp3) is 0.750. The van der Waals surface area contributed by atoms with Crippen LogP contribution < -0.4 is 0 Å². The largest absolute Gasteiger partial charge is 0.508 e. The second-order valence-electron chi connectivity index (χ2n) is 4.30. The Hall–Kier alpha value is -1.05. The van der Waals surface area contributed by atoms with E-state index in [0.717, 1.165) is 12.8 Å². The van der Waals surface area contributed by atoms with Crippen LogP contribution in [0.15, 0.2) is 11.3 Å². The van der Waals surface area contributed by atoms with Gasteiger partial charge < -0.3 is 8.92 Å². The summed E-state index contributed by atoms with van der Waals surface area (Å²) in [5.74, 6) is -0.845. The van der Waals surface area contributed by atoms with E-state index in [4.69, 9.17) is 4.74 Å². The van der Waals surface area contributed by atoms with Crippen molar-refractivity contribution in [2.45, 2.75) is 51.0 Å². The first-order chi connectivity index (χ1) is 9.36. The summed E-state index contributed by atoms with van der Waals surface area (Å²) in [6.45, 7) is 1.73. The van der Waals surface area contributed by atoms with Crippen molar-refractivity contribution < 1.29 is 31.1 Å². The van der Waals surface area contributed by atoms with Crippen molar-refractivity contribution in [3.8, 4) is 0 Å². The number of ether oxygens (including phenoxy) is 1. The highest BCUT2D eigenvalue weighted by Gasteiger charge is 2.41. The zero-order valence-corrected chi connectivity index (χ0v) is 11.9. The topological polar surface area (TPSA) is 52.6 Å². The van der Waals surface area contributed by atoms with Crippen LogP contribution in [0.25, 0.3) is 0 Å². The van der Waals surface area contributed by atoms with Gasteiger partial charge in [-0.25, -0.2) is 9.00 Å². The smallest absolute Gasteiger partial charge is 0.463 e. The van der Waals surface area contributed by atoms with E-state index in [1.807, 2.05) is 0 Å². The highest BCUT2D eigenvalue weighted by atomic mass is 32.2. The maximum absolute atomic E-state index is 12.3. The average Bonchev–Trinajstić information content (AvgIpc) is 2.31. The summed E-state index contributed by atoms with van der Waals surface area (Å²) >= 11 is -3.46. The molecule has 0 heterocycles. The SMILES string of the molecule is CCOC(=O)/C1=C(\OS(=O)C(F)(F)F)CCCCCC1. The molecule has 0 N–H and O–H groups in total. The van der Waals surface area contributed by atoms with E-state index in [2.05, 4.69) is 4.18 Å². The maximum atomic E-state index is 12.3. The molecular formula is C12H17F3O4S. The molecule has 20 heavy (non-hydrogen) atoms. The predicted molar refractivity (Wildman–Crippen MR) is 66.6 cm³/mol. The molecule has 0 saturated carbocycles. The van der Waals surface area contributed by atoms with E-state index >= 15 is 0 Å². The van der Waals surface area contributed by atoms with Gasteiger partial charge in [-0.15, -0.1) is 0 Å². The van der Waals surface area contributed by atoms with E-state index in [1.165, 1.54) is 0 Å². The molecule has 0 aromatic carbocycles. The lowest BCUT2D eigenvalue weighted by Crippen LogP contribution is -2.21. The number of carbonyl (C=O) groups excluding carboxylic acids is 1. The van der Waals surface area contributed by atoms with E-state index in [9.17, 15) is 22.2 Å². The number of allylic oxidation sites excluding steroid dienone is 1.